The van der Waals surface area contributed by atoms with Crippen molar-refractivity contribution in [2.24, 2.45) is 17.3 Å². The highest BCUT2D eigenvalue weighted by Crippen LogP contribution is 2.45. The molecule has 0 heterocycles. The molecule has 2 saturated carbocycles. The molecule has 0 aliphatic heterocycles. The average molecular weight is 566 g/mol. The summed E-state index contributed by atoms with van der Waals surface area (Å²) in [6.45, 7) is 0.552. The predicted molar refractivity (Wildman–Crippen MR) is 158 cm³/mol. The number of amides is 1. The molecule has 2 aromatic rings. The minimum atomic E-state index is -0.527. The van der Waals surface area contributed by atoms with E-state index in [1.54, 1.807) is 11.8 Å². The van der Waals surface area contributed by atoms with E-state index < -0.39 is 5.41 Å². The highest BCUT2D eigenvalue weighted by molar-refractivity contribution is 7.98. The van der Waals surface area contributed by atoms with Gasteiger partial charge in [-0.15, -0.1) is 0 Å². The van der Waals surface area contributed by atoms with Crippen LogP contribution in [0.3, 0.4) is 0 Å². The number of benzene rings is 2. The molecule has 0 spiro atoms. The van der Waals surface area contributed by atoms with Crippen molar-refractivity contribution in [3.63, 3.8) is 0 Å². The van der Waals surface area contributed by atoms with Crippen LogP contribution in [0.4, 0.5) is 0 Å². The Morgan fingerprint density at radius 2 is 1.45 bits per heavy atom. The van der Waals surface area contributed by atoms with Gasteiger partial charge < -0.3 is 14.8 Å². The Labute approximate surface area is 243 Å². The molecule has 1 atom stereocenters. The molecule has 1 amide bonds. The normalized spacial score (nSPS) is 20.8. The van der Waals surface area contributed by atoms with Gasteiger partial charge in [0.15, 0.2) is 0 Å². The summed E-state index contributed by atoms with van der Waals surface area (Å²) in [5, 5.41) is 3.33. The summed E-state index contributed by atoms with van der Waals surface area (Å²) in [4.78, 5) is 39.6. The van der Waals surface area contributed by atoms with Crippen LogP contribution in [0.2, 0.25) is 0 Å². The zero-order chi connectivity index (χ0) is 28.2. The minimum Gasteiger partial charge on any atom is -0.461 e. The summed E-state index contributed by atoms with van der Waals surface area (Å²) in [6, 6.07) is 19.5. The van der Waals surface area contributed by atoms with Crippen molar-refractivity contribution in [2.45, 2.75) is 83.5 Å². The van der Waals surface area contributed by atoms with Crippen molar-refractivity contribution in [3.05, 3.63) is 71.8 Å². The molecule has 2 aromatic carbocycles. The van der Waals surface area contributed by atoms with Crippen molar-refractivity contribution < 1.29 is 23.9 Å². The Morgan fingerprint density at radius 1 is 0.875 bits per heavy atom. The van der Waals surface area contributed by atoms with Gasteiger partial charge in [0.25, 0.3) is 0 Å². The Bertz CT molecular complexity index is 1080. The van der Waals surface area contributed by atoms with E-state index in [0.29, 0.717) is 32.3 Å². The number of carbonyl (C=O) groups is 3. The number of hydrogen-bond acceptors (Lipinski definition) is 6. The summed E-state index contributed by atoms with van der Waals surface area (Å²) in [7, 11) is 0. The Kier molecular flexibility index (Phi) is 11.5. The van der Waals surface area contributed by atoms with Gasteiger partial charge in [-0.25, -0.2) is 0 Å². The number of esters is 2. The van der Waals surface area contributed by atoms with Crippen LogP contribution in [0.1, 0.15) is 75.3 Å². The summed E-state index contributed by atoms with van der Waals surface area (Å²) in [5.41, 5.74) is 1.42. The number of rotatable bonds is 13. The van der Waals surface area contributed by atoms with Crippen LogP contribution in [0.25, 0.3) is 0 Å². The smallest absolute Gasteiger partial charge is 0.309 e. The highest BCUT2D eigenvalue weighted by atomic mass is 32.2. The van der Waals surface area contributed by atoms with Crippen molar-refractivity contribution in [1.29, 1.82) is 0 Å². The first kappa shape index (κ1) is 30.2. The summed E-state index contributed by atoms with van der Waals surface area (Å²) < 4.78 is 11.3. The fourth-order valence-electron chi connectivity index (χ4n) is 6.12. The lowest BCUT2D eigenvalue weighted by Crippen LogP contribution is -2.47. The maximum atomic E-state index is 13.8. The SMILES string of the molecule is CSCCC(CC1(C(=O)N[C@H]2CC[C@@H](C(=O)OCc3ccccc3)CC2)CCCC1)C(=O)OCc1ccccc1. The Morgan fingerprint density at radius 3 is 2.02 bits per heavy atom. The fraction of sp³-hybridized carbons (Fsp3) is 0.545. The third-order valence-corrected chi connectivity index (χ3v) is 9.17. The van der Waals surface area contributed by atoms with E-state index in [0.717, 1.165) is 55.4 Å². The zero-order valence-corrected chi connectivity index (χ0v) is 24.5. The van der Waals surface area contributed by atoms with Gasteiger partial charge in [-0.05, 0) is 74.5 Å². The molecule has 216 valence electrons. The molecule has 1 unspecified atom stereocenters. The Balaban J connectivity index is 1.29. The third kappa shape index (κ3) is 8.60. The van der Waals surface area contributed by atoms with E-state index in [9.17, 15) is 14.4 Å². The molecule has 0 saturated heterocycles. The largest absolute Gasteiger partial charge is 0.461 e. The molecule has 4 rings (SSSR count). The topological polar surface area (TPSA) is 81.7 Å². The molecule has 2 aliphatic carbocycles. The fourth-order valence-corrected chi connectivity index (χ4v) is 6.64. The molecule has 1 N–H and O–H groups in total. The average Bonchev–Trinajstić information content (AvgIpc) is 3.48. The van der Waals surface area contributed by atoms with Gasteiger partial charge >= 0.3 is 11.9 Å². The lowest BCUT2D eigenvalue weighted by Gasteiger charge is -2.35. The standard InChI is InChI=1S/C33H43NO5S/c1-40-21-18-28(31(36)39-24-26-12-6-3-7-13-26)22-33(19-8-9-20-33)32(37)34-29-16-14-27(15-17-29)30(35)38-23-25-10-4-2-5-11-25/h2-7,10-13,27-29H,8-9,14-24H2,1H3,(H,34,37)/t27-,28?,29+. The van der Waals surface area contributed by atoms with Crippen molar-refractivity contribution >= 4 is 29.6 Å². The maximum Gasteiger partial charge on any atom is 0.309 e. The van der Waals surface area contributed by atoms with E-state index in [-0.39, 0.29) is 42.3 Å². The van der Waals surface area contributed by atoms with Gasteiger partial charge in [-0.3, -0.25) is 14.4 Å². The van der Waals surface area contributed by atoms with Gasteiger partial charge in [0.2, 0.25) is 5.91 Å². The molecule has 0 aromatic heterocycles. The van der Waals surface area contributed by atoms with E-state index in [2.05, 4.69) is 5.32 Å². The van der Waals surface area contributed by atoms with E-state index >= 15 is 0 Å². The van der Waals surface area contributed by atoms with Crippen molar-refractivity contribution in [3.8, 4) is 0 Å². The summed E-state index contributed by atoms with van der Waals surface area (Å²) in [6.07, 6.45) is 9.87. The molecule has 6 nitrogen and oxygen atoms in total. The van der Waals surface area contributed by atoms with Crippen molar-refractivity contribution in [2.75, 3.05) is 12.0 Å². The predicted octanol–water partition coefficient (Wildman–Crippen LogP) is 6.47. The number of ether oxygens (including phenoxy) is 2. The second kappa shape index (κ2) is 15.3. The van der Waals surface area contributed by atoms with E-state index in [1.807, 2.05) is 66.9 Å². The molecule has 0 bridgehead atoms. The highest BCUT2D eigenvalue weighted by Gasteiger charge is 2.45. The maximum absolute atomic E-state index is 13.8. The molecule has 2 aliphatic rings. The zero-order valence-electron chi connectivity index (χ0n) is 23.6. The Hall–Kier alpha value is -2.80. The number of carbonyl (C=O) groups excluding carboxylic acids is 3. The van der Waals surface area contributed by atoms with Crippen LogP contribution in [0.5, 0.6) is 0 Å². The minimum absolute atomic E-state index is 0.0535. The molecule has 2 fully saturated rings. The van der Waals surface area contributed by atoms with Gasteiger partial charge in [0.1, 0.15) is 13.2 Å². The van der Waals surface area contributed by atoms with Gasteiger partial charge in [-0.1, -0.05) is 73.5 Å². The second-order valence-electron chi connectivity index (χ2n) is 11.4. The first-order valence-electron chi connectivity index (χ1n) is 14.7. The van der Waals surface area contributed by atoms with E-state index in [1.165, 1.54) is 0 Å². The number of hydrogen-bond donors (Lipinski definition) is 1. The van der Waals surface area contributed by atoms with Crippen LogP contribution < -0.4 is 5.32 Å². The van der Waals surface area contributed by atoms with Crippen molar-refractivity contribution in [1.82, 2.24) is 5.32 Å². The number of nitrogens with one attached hydrogen (secondary N) is 1. The van der Waals surface area contributed by atoms with Crippen LogP contribution >= 0.6 is 11.8 Å². The first-order chi connectivity index (χ1) is 19.5. The van der Waals surface area contributed by atoms with Crippen LogP contribution in [-0.2, 0) is 37.1 Å². The van der Waals surface area contributed by atoms with Crippen LogP contribution in [0.15, 0.2) is 60.7 Å². The van der Waals surface area contributed by atoms with Gasteiger partial charge in [0, 0.05) is 6.04 Å². The monoisotopic (exact) mass is 565 g/mol. The summed E-state index contributed by atoms with van der Waals surface area (Å²) in [5.74, 6) is 0.165. The lowest BCUT2D eigenvalue weighted by molar-refractivity contribution is -0.152. The van der Waals surface area contributed by atoms with E-state index in [4.69, 9.17) is 9.47 Å². The third-order valence-electron chi connectivity index (χ3n) is 8.53. The first-order valence-corrected chi connectivity index (χ1v) is 16.1. The lowest BCUT2D eigenvalue weighted by atomic mass is 9.75. The molecule has 0 radical (unpaired) electrons. The molecular weight excluding hydrogens is 522 g/mol. The second-order valence-corrected chi connectivity index (χ2v) is 12.4. The molecular formula is C33H43NO5S. The number of thioether (sulfide) groups is 1. The quantitative estimate of drug-likeness (QED) is 0.281. The summed E-state index contributed by atoms with van der Waals surface area (Å²) >= 11 is 1.71. The molecule has 40 heavy (non-hydrogen) atoms. The van der Waals surface area contributed by atoms with Crippen LogP contribution in [-0.4, -0.2) is 35.9 Å². The van der Waals surface area contributed by atoms with Gasteiger partial charge in [-0.2, -0.15) is 11.8 Å². The van der Waals surface area contributed by atoms with Crippen LogP contribution in [0, 0.1) is 17.3 Å². The van der Waals surface area contributed by atoms with Gasteiger partial charge in [0.05, 0.1) is 17.3 Å². The molecule has 7 heteroatoms.